The highest BCUT2D eigenvalue weighted by molar-refractivity contribution is 7.85. The lowest BCUT2D eigenvalue weighted by molar-refractivity contribution is 0.473. The Labute approximate surface area is 73.9 Å². The van der Waals surface area contributed by atoms with Crippen molar-refractivity contribution >= 4 is 10.1 Å². The Kier molecular flexibility index (Phi) is 5.44. The van der Waals surface area contributed by atoms with Crippen molar-refractivity contribution in [2.45, 2.75) is 38.6 Å². The van der Waals surface area contributed by atoms with Gasteiger partial charge in [-0.3, -0.25) is 4.55 Å². The number of hydrogen-bond donors (Lipinski definition) is 2. The van der Waals surface area contributed by atoms with Crippen molar-refractivity contribution in [3.63, 3.8) is 0 Å². The van der Waals surface area contributed by atoms with Crippen LogP contribution in [0.1, 0.15) is 32.6 Å². The van der Waals surface area contributed by atoms with Crippen molar-refractivity contribution < 1.29 is 13.0 Å². The molecule has 3 N–H and O–H groups in total. The molecule has 0 saturated carbocycles. The average Bonchev–Trinajstić information content (AvgIpc) is 1.95. The maximum Gasteiger partial charge on any atom is 0.264 e. The van der Waals surface area contributed by atoms with Crippen LogP contribution in [-0.2, 0) is 10.1 Å². The minimum Gasteiger partial charge on any atom is -0.328 e. The lowest BCUT2D eigenvalue weighted by Crippen LogP contribution is -2.23. The molecule has 1 unspecified atom stereocenters. The van der Waals surface area contributed by atoms with Crippen LogP contribution < -0.4 is 5.73 Å². The summed E-state index contributed by atoms with van der Waals surface area (Å²) in [5.74, 6) is -0.224. The molecule has 0 aromatic heterocycles. The van der Waals surface area contributed by atoms with Crippen LogP contribution in [0.2, 0.25) is 0 Å². The van der Waals surface area contributed by atoms with Gasteiger partial charge in [0, 0.05) is 6.04 Å². The van der Waals surface area contributed by atoms with Crippen LogP contribution in [-0.4, -0.2) is 24.8 Å². The molecule has 0 aromatic rings. The molecule has 0 fully saturated rings. The van der Waals surface area contributed by atoms with Gasteiger partial charge < -0.3 is 5.73 Å². The molecule has 1 atom stereocenters. The second kappa shape index (κ2) is 5.50. The fourth-order valence-electron chi connectivity index (χ4n) is 0.911. The summed E-state index contributed by atoms with van der Waals surface area (Å²) in [6, 6.07) is -0.105. The lowest BCUT2D eigenvalue weighted by atomic mass is 10.1. The maximum absolute atomic E-state index is 10.3. The van der Waals surface area contributed by atoms with Crippen molar-refractivity contribution in [1.29, 1.82) is 0 Å². The average molecular weight is 195 g/mol. The van der Waals surface area contributed by atoms with Gasteiger partial charge in [0.1, 0.15) is 0 Å². The maximum atomic E-state index is 10.3. The van der Waals surface area contributed by atoms with Gasteiger partial charge >= 0.3 is 0 Å². The van der Waals surface area contributed by atoms with Crippen LogP contribution in [0.25, 0.3) is 0 Å². The van der Waals surface area contributed by atoms with E-state index in [1.54, 1.807) is 0 Å². The van der Waals surface area contributed by atoms with E-state index < -0.39 is 10.1 Å². The Morgan fingerprint density at radius 1 is 1.42 bits per heavy atom. The number of nitrogens with two attached hydrogens (primary N) is 1. The third kappa shape index (κ3) is 7.97. The van der Waals surface area contributed by atoms with Crippen molar-refractivity contribution in [1.82, 2.24) is 0 Å². The van der Waals surface area contributed by atoms with E-state index in [0.717, 1.165) is 19.3 Å². The van der Waals surface area contributed by atoms with E-state index in [4.69, 9.17) is 10.3 Å². The molecule has 0 rings (SSSR count). The first-order valence-corrected chi connectivity index (χ1v) is 5.77. The summed E-state index contributed by atoms with van der Waals surface area (Å²) in [4.78, 5) is 0. The van der Waals surface area contributed by atoms with Crippen LogP contribution in [0, 0.1) is 0 Å². The Balaban J connectivity index is 3.51. The molecule has 0 aliphatic carbocycles. The van der Waals surface area contributed by atoms with Crippen LogP contribution in [0.4, 0.5) is 0 Å². The minimum absolute atomic E-state index is 0.105. The van der Waals surface area contributed by atoms with E-state index in [2.05, 4.69) is 6.92 Å². The highest BCUT2D eigenvalue weighted by Gasteiger charge is 2.08. The fourth-order valence-corrected chi connectivity index (χ4v) is 1.51. The molecule has 0 aliphatic rings. The number of hydrogen-bond acceptors (Lipinski definition) is 3. The topological polar surface area (TPSA) is 80.4 Å². The Morgan fingerprint density at radius 3 is 2.42 bits per heavy atom. The molecule has 0 spiro atoms. The molecule has 12 heavy (non-hydrogen) atoms. The first-order chi connectivity index (χ1) is 5.45. The van der Waals surface area contributed by atoms with Crippen LogP contribution in [0.3, 0.4) is 0 Å². The van der Waals surface area contributed by atoms with Gasteiger partial charge in [-0.1, -0.05) is 19.8 Å². The zero-order chi connectivity index (χ0) is 9.61. The van der Waals surface area contributed by atoms with Gasteiger partial charge in [-0.2, -0.15) is 8.42 Å². The van der Waals surface area contributed by atoms with Crippen molar-refractivity contribution in [2.24, 2.45) is 5.73 Å². The van der Waals surface area contributed by atoms with E-state index in [9.17, 15) is 8.42 Å². The zero-order valence-electron chi connectivity index (χ0n) is 7.36. The van der Waals surface area contributed by atoms with Crippen LogP contribution in [0.15, 0.2) is 0 Å². The predicted molar refractivity (Wildman–Crippen MR) is 48.5 cm³/mol. The smallest absolute Gasteiger partial charge is 0.264 e. The van der Waals surface area contributed by atoms with Gasteiger partial charge in [-0.15, -0.1) is 0 Å². The standard InChI is InChI=1S/C7H17NO3S/c1-2-3-4-7(8)5-6-12(9,10)11/h7H,2-6,8H2,1H3,(H,9,10,11). The predicted octanol–water partition coefficient (Wildman–Crippen LogP) is 0.782. The molecule has 0 saturated heterocycles. The molecule has 5 heteroatoms. The highest BCUT2D eigenvalue weighted by atomic mass is 32.2. The summed E-state index contributed by atoms with van der Waals surface area (Å²) >= 11 is 0. The molecular weight excluding hydrogens is 178 g/mol. The molecule has 0 radical (unpaired) electrons. The van der Waals surface area contributed by atoms with Gasteiger partial charge in [-0.25, -0.2) is 0 Å². The monoisotopic (exact) mass is 195 g/mol. The van der Waals surface area contributed by atoms with E-state index in [1.807, 2.05) is 0 Å². The van der Waals surface area contributed by atoms with E-state index in [0.29, 0.717) is 6.42 Å². The Morgan fingerprint density at radius 2 is 2.00 bits per heavy atom. The summed E-state index contributed by atoms with van der Waals surface area (Å²) < 4.78 is 29.0. The van der Waals surface area contributed by atoms with Gasteiger partial charge in [0.2, 0.25) is 0 Å². The van der Waals surface area contributed by atoms with E-state index in [-0.39, 0.29) is 11.8 Å². The van der Waals surface area contributed by atoms with Gasteiger partial charge in [-0.05, 0) is 12.8 Å². The molecule has 0 amide bonds. The first kappa shape index (κ1) is 11.9. The molecule has 74 valence electrons. The minimum atomic E-state index is -3.82. The molecule has 4 nitrogen and oxygen atoms in total. The third-order valence-electron chi connectivity index (χ3n) is 1.68. The van der Waals surface area contributed by atoms with Gasteiger partial charge in [0.15, 0.2) is 0 Å². The molecular formula is C7H17NO3S. The Hall–Kier alpha value is -0.130. The SMILES string of the molecule is CCCCC(N)CCS(=O)(=O)O. The summed E-state index contributed by atoms with van der Waals surface area (Å²) in [5, 5.41) is 0. The summed E-state index contributed by atoms with van der Waals surface area (Å²) in [6.07, 6.45) is 3.23. The first-order valence-electron chi connectivity index (χ1n) is 4.16. The van der Waals surface area contributed by atoms with Crippen molar-refractivity contribution in [3.8, 4) is 0 Å². The molecule has 0 aliphatic heterocycles. The molecule has 0 heterocycles. The summed E-state index contributed by atoms with van der Waals surface area (Å²) in [5.41, 5.74) is 5.59. The van der Waals surface area contributed by atoms with Gasteiger partial charge in [0.05, 0.1) is 5.75 Å². The summed E-state index contributed by atoms with van der Waals surface area (Å²) in [6.45, 7) is 2.05. The summed E-state index contributed by atoms with van der Waals surface area (Å²) in [7, 11) is -3.82. The second-order valence-electron chi connectivity index (χ2n) is 2.98. The molecule has 0 aromatic carbocycles. The van der Waals surface area contributed by atoms with Crippen LogP contribution in [0.5, 0.6) is 0 Å². The largest absolute Gasteiger partial charge is 0.328 e. The zero-order valence-corrected chi connectivity index (χ0v) is 8.18. The quantitative estimate of drug-likeness (QED) is 0.614. The lowest BCUT2D eigenvalue weighted by Gasteiger charge is -2.08. The fraction of sp³-hybridized carbons (Fsp3) is 1.00. The van der Waals surface area contributed by atoms with Crippen molar-refractivity contribution in [2.75, 3.05) is 5.75 Å². The number of unbranched alkanes of at least 4 members (excludes halogenated alkanes) is 1. The third-order valence-corrected chi connectivity index (χ3v) is 2.43. The van der Waals surface area contributed by atoms with Crippen LogP contribution >= 0.6 is 0 Å². The Bertz CT molecular complexity index is 201. The van der Waals surface area contributed by atoms with E-state index in [1.165, 1.54) is 0 Å². The van der Waals surface area contributed by atoms with Gasteiger partial charge in [0.25, 0.3) is 10.1 Å². The molecule has 0 bridgehead atoms. The van der Waals surface area contributed by atoms with Crippen molar-refractivity contribution in [3.05, 3.63) is 0 Å². The highest BCUT2D eigenvalue weighted by Crippen LogP contribution is 2.02. The number of rotatable bonds is 6. The second-order valence-corrected chi connectivity index (χ2v) is 4.55. The normalized spacial score (nSPS) is 14.6. The van der Waals surface area contributed by atoms with E-state index >= 15 is 0 Å².